The maximum atomic E-state index is 10.2. The molecule has 0 unspecified atom stereocenters. The molecular formula is C8H4NNaO2. The molecule has 0 spiro atoms. The Morgan fingerprint density at radius 2 is 1.83 bits per heavy atom. The molecule has 0 saturated carbocycles. The second-order valence-corrected chi connectivity index (χ2v) is 1.95. The van der Waals surface area contributed by atoms with Gasteiger partial charge in [0.25, 0.3) is 0 Å². The van der Waals surface area contributed by atoms with Crippen LogP contribution in [0.1, 0.15) is 10.4 Å². The zero-order valence-electron chi connectivity index (χ0n) is 6.57. The van der Waals surface area contributed by atoms with Crippen molar-refractivity contribution in [1.82, 2.24) is 0 Å². The van der Waals surface area contributed by atoms with Crippen molar-refractivity contribution >= 4 is 11.7 Å². The number of aromatic carboxylic acids is 1. The molecule has 0 aliphatic heterocycles. The third-order valence-electron chi connectivity index (χ3n) is 1.23. The van der Waals surface area contributed by atoms with Crippen molar-refractivity contribution in [2.45, 2.75) is 0 Å². The smallest absolute Gasteiger partial charge is 0.545 e. The number of rotatable bonds is 1. The van der Waals surface area contributed by atoms with Crippen molar-refractivity contribution in [3.63, 3.8) is 0 Å². The molecule has 1 aromatic carbocycles. The average Bonchev–Trinajstić information content (AvgIpc) is 2.05. The van der Waals surface area contributed by atoms with Crippen LogP contribution in [0.3, 0.4) is 0 Å². The fraction of sp³-hybridized carbons (Fsp3) is 0. The summed E-state index contributed by atoms with van der Waals surface area (Å²) in [6.07, 6.45) is 0. The number of carboxylic acid groups (broad SMARTS) is 1. The van der Waals surface area contributed by atoms with Gasteiger partial charge in [0.1, 0.15) is 0 Å². The first-order valence-corrected chi connectivity index (χ1v) is 2.93. The molecule has 12 heavy (non-hydrogen) atoms. The molecule has 54 valence electrons. The molecule has 3 nitrogen and oxygen atoms in total. The number of carbonyl (C=O) groups is 1. The van der Waals surface area contributed by atoms with Crippen molar-refractivity contribution in [2.75, 3.05) is 0 Å². The zero-order chi connectivity index (χ0) is 8.27. The van der Waals surface area contributed by atoms with Gasteiger partial charge < -0.3 is 9.90 Å². The SMILES string of the molecule is [C-]#[N+]c1ccc(C(=O)[O-])cc1.[Na+]. The second kappa shape index (κ2) is 4.94. The third-order valence-corrected chi connectivity index (χ3v) is 1.23. The van der Waals surface area contributed by atoms with Gasteiger partial charge in [-0.1, -0.05) is 24.3 Å². The molecule has 0 N–H and O–H groups in total. The van der Waals surface area contributed by atoms with Crippen molar-refractivity contribution in [2.24, 2.45) is 0 Å². The first-order chi connectivity index (χ1) is 5.24. The van der Waals surface area contributed by atoms with E-state index in [0.717, 1.165) is 0 Å². The molecule has 0 atom stereocenters. The number of hydrogen-bond acceptors (Lipinski definition) is 2. The molecule has 0 saturated heterocycles. The molecule has 1 aromatic rings. The predicted octanol–water partition coefficient (Wildman–Crippen LogP) is -2.40. The van der Waals surface area contributed by atoms with E-state index in [0.29, 0.717) is 5.69 Å². The van der Waals surface area contributed by atoms with Gasteiger partial charge in [0.2, 0.25) is 0 Å². The average molecular weight is 169 g/mol. The largest absolute Gasteiger partial charge is 1.00 e. The minimum Gasteiger partial charge on any atom is -0.545 e. The van der Waals surface area contributed by atoms with Crippen molar-refractivity contribution < 1.29 is 39.5 Å². The minimum absolute atomic E-state index is 0. The summed E-state index contributed by atoms with van der Waals surface area (Å²) in [6, 6.07) is 5.59. The second-order valence-electron chi connectivity index (χ2n) is 1.95. The van der Waals surface area contributed by atoms with Crippen LogP contribution in [0.4, 0.5) is 5.69 Å². The van der Waals surface area contributed by atoms with Gasteiger partial charge in [0.15, 0.2) is 5.69 Å². The van der Waals surface area contributed by atoms with Crippen LogP contribution >= 0.6 is 0 Å². The molecule has 4 heteroatoms. The van der Waals surface area contributed by atoms with Crippen LogP contribution in [0.15, 0.2) is 24.3 Å². The molecule has 0 aromatic heterocycles. The van der Waals surface area contributed by atoms with Crippen LogP contribution in [0.2, 0.25) is 0 Å². The summed E-state index contributed by atoms with van der Waals surface area (Å²) < 4.78 is 0. The van der Waals surface area contributed by atoms with Crippen molar-refractivity contribution in [3.8, 4) is 0 Å². The Kier molecular flexibility index (Phi) is 4.60. The minimum atomic E-state index is -1.22. The van der Waals surface area contributed by atoms with Crippen molar-refractivity contribution in [3.05, 3.63) is 41.2 Å². The summed E-state index contributed by atoms with van der Waals surface area (Å²) in [6.45, 7) is 6.58. The van der Waals surface area contributed by atoms with Crippen LogP contribution in [0.5, 0.6) is 0 Å². The van der Waals surface area contributed by atoms with E-state index in [4.69, 9.17) is 6.57 Å². The topological polar surface area (TPSA) is 44.5 Å². The van der Waals surface area contributed by atoms with E-state index in [1.807, 2.05) is 0 Å². The molecule has 0 amide bonds. The Bertz CT molecular complexity index is 313. The quantitative estimate of drug-likeness (QED) is 0.347. The van der Waals surface area contributed by atoms with Gasteiger partial charge in [-0.3, -0.25) is 0 Å². The first kappa shape index (κ1) is 11.2. The van der Waals surface area contributed by atoms with Gasteiger partial charge in [-0.2, -0.15) is 0 Å². The number of hydrogen-bond donors (Lipinski definition) is 0. The van der Waals surface area contributed by atoms with Crippen LogP contribution in [0, 0.1) is 6.57 Å². The third kappa shape index (κ3) is 2.67. The monoisotopic (exact) mass is 169 g/mol. The molecule has 0 fully saturated rings. The number of benzene rings is 1. The van der Waals surface area contributed by atoms with Gasteiger partial charge in [0, 0.05) is 0 Å². The van der Waals surface area contributed by atoms with Gasteiger partial charge >= 0.3 is 29.6 Å². The van der Waals surface area contributed by atoms with Crippen LogP contribution in [-0.4, -0.2) is 5.97 Å². The van der Waals surface area contributed by atoms with Gasteiger partial charge in [-0.25, -0.2) is 4.85 Å². The van der Waals surface area contributed by atoms with Gasteiger partial charge in [-0.05, 0) is 5.56 Å². The Balaban J connectivity index is 0.00000121. The molecule has 0 radical (unpaired) electrons. The van der Waals surface area contributed by atoms with Gasteiger partial charge in [-0.15, -0.1) is 0 Å². The fourth-order valence-electron chi connectivity index (χ4n) is 0.672. The van der Waals surface area contributed by atoms with E-state index in [1.54, 1.807) is 0 Å². The number of nitrogens with zero attached hydrogens (tertiary/aromatic N) is 1. The predicted molar refractivity (Wildman–Crippen MR) is 37.0 cm³/mol. The van der Waals surface area contributed by atoms with Crippen LogP contribution in [-0.2, 0) is 0 Å². The number of carboxylic acids is 1. The normalized spacial score (nSPS) is 7.92. The van der Waals surface area contributed by atoms with E-state index >= 15 is 0 Å². The van der Waals surface area contributed by atoms with E-state index in [-0.39, 0.29) is 35.1 Å². The van der Waals surface area contributed by atoms with E-state index in [9.17, 15) is 9.90 Å². The summed E-state index contributed by atoms with van der Waals surface area (Å²) in [7, 11) is 0. The molecule has 0 aliphatic carbocycles. The fourth-order valence-corrected chi connectivity index (χ4v) is 0.672. The summed E-state index contributed by atoms with van der Waals surface area (Å²) in [4.78, 5) is 13.3. The molecule has 0 heterocycles. The zero-order valence-corrected chi connectivity index (χ0v) is 8.57. The Morgan fingerprint density at radius 1 is 1.33 bits per heavy atom. The van der Waals surface area contributed by atoms with Crippen LogP contribution < -0.4 is 34.7 Å². The summed E-state index contributed by atoms with van der Waals surface area (Å²) >= 11 is 0. The maximum absolute atomic E-state index is 10.2. The first-order valence-electron chi connectivity index (χ1n) is 2.93. The summed E-state index contributed by atoms with van der Waals surface area (Å²) in [5.74, 6) is -1.22. The standard InChI is InChI=1S/C8H5NO2.Na/c1-9-7-4-2-6(3-5-7)8(10)11;/h2-5H,(H,10,11);/q;+1/p-1. The van der Waals surface area contributed by atoms with Crippen molar-refractivity contribution in [1.29, 1.82) is 0 Å². The molecule has 1 rings (SSSR count). The molecule has 0 aliphatic rings. The Labute approximate surface area is 92.1 Å². The summed E-state index contributed by atoms with van der Waals surface area (Å²) in [5, 5.41) is 10.2. The maximum Gasteiger partial charge on any atom is 1.00 e. The van der Waals surface area contributed by atoms with E-state index in [2.05, 4.69) is 4.85 Å². The van der Waals surface area contributed by atoms with E-state index in [1.165, 1.54) is 24.3 Å². The number of carbonyl (C=O) groups excluding carboxylic acids is 1. The van der Waals surface area contributed by atoms with Crippen LogP contribution in [0.25, 0.3) is 4.85 Å². The Hall–Kier alpha value is -0.820. The van der Waals surface area contributed by atoms with E-state index < -0.39 is 5.97 Å². The summed E-state index contributed by atoms with van der Waals surface area (Å²) in [5.41, 5.74) is 0.521. The van der Waals surface area contributed by atoms with Gasteiger partial charge in [0.05, 0.1) is 12.5 Å². The molecular weight excluding hydrogens is 165 g/mol. The Morgan fingerprint density at radius 3 is 2.17 bits per heavy atom. The molecule has 0 bridgehead atoms.